The van der Waals surface area contributed by atoms with Gasteiger partial charge in [0.15, 0.2) is 0 Å². The molecular weight excluding hydrogens is 301 g/mol. The topological polar surface area (TPSA) is 46.2 Å². The number of hydrogen-bond donors (Lipinski definition) is 1. The summed E-state index contributed by atoms with van der Waals surface area (Å²) < 4.78 is 25.1. The van der Waals surface area contributed by atoms with Crippen molar-refractivity contribution in [3.63, 3.8) is 0 Å². The predicted molar refractivity (Wildman–Crippen MR) is 80.6 cm³/mol. The van der Waals surface area contributed by atoms with Crippen LogP contribution in [0.15, 0.2) is 18.2 Å². The number of carbonyl (C=O) groups is 1. The second-order valence-corrected chi connectivity index (χ2v) is 7.81. The number of halogens is 2. The van der Waals surface area contributed by atoms with Gasteiger partial charge in [-0.15, -0.1) is 0 Å². The number of benzene rings is 1. The fourth-order valence-corrected chi connectivity index (χ4v) is 2.93. The molecule has 0 aliphatic rings. The SMILES string of the molecule is CC(C(=O)NC(C)(C)C)S(=O)Cc1ccc(F)cc1Cl. The lowest BCUT2D eigenvalue weighted by Crippen LogP contribution is -2.46. The molecule has 2 unspecified atom stereocenters. The Morgan fingerprint density at radius 2 is 2.05 bits per heavy atom. The number of nitrogens with one attached hydrogen (secondary N) is 1. The number of hydrogen-bond acceptors (Lipinski definition) is 2. The minimum absolute atomic E-state index is 0.123. The smallest absolute Gasteiger partial charge is 0.235 e. The van der Waals surface area contributed by atoms with E-state index in [0.717, 1.165) is 0 Å². The first kappa shape index (κ1) is 17.1. The highest BCUT2D eigenvalue weighted by molar-refractivity contribution is 7.85. The largest absolute Gasteiger partial charge is 0.350 e. The Labute approximate surface area is 126 Å². The summed E-state index contributed by atoms with van der Waals surface area (Å²) in [6, 6.07) is 3.93. The summed E-state index contributed by atoms with van der Waals surface area (Å²) in [6.45, 7) is 7.18. The van der Waals surface area contributed by atoms with Crippen LogP contribution in [0.5, 0.6) is 0 Å². The molecule has 0 saturated carbocycles. The quantitative estimate of drug-likeness (QED) is 0.927. The van der Waals surface area contributed by atoms with Gasteiger partial charge in [0.1, 0.15) is 11.1 Å². The molecular formula is C14H19ClFNO2S. The minimum atomic E-state index is -1.42. The van der Waals surface area contributed by atoms with Gasteiger partial charge in [-0.3, -0.25) is 9.00 Å². The zero-order valence-corrected chi connectivity index (χ0v) is 13.6. The van der Waals surface area contributed by atoms with E-state index in [1.54, 1.807) is 6.92 Å². The molecule has 0 aliphatic carbocycles. The van der Waals surface area contributed by atoms with Gasteiger partial charge in [0.25, 0.3) is 0 Å². The van der Waals surface area contributed by atoms with Crippen molar-refractivity contribution in [3.05, 3.63) is 34.6 Å². The summed E-state index contributed by atoms with van der Waals surface area (Å²) in [5.41, 5.74) is 0.199. The molecule has 1 aromatic carbocycles. The zero-order valence-electron chi connectivity index (χ0n) is 12.0. The molecule has 6 heteroatoms. The standard InChI is InChI=1S/C14H19ClFNO2S/c1-9(13(18)17-14(2,3)4)20(19)8-10-5-6-11(16)7-12(10)15/h5-7,9H,8H2,1-4H3,(H,17,18). The zero-order chi connectivity index (χ0) is 15.5. The molecule has 1 aromatic rings. The lowest BCUT2D eigenvalue weighted by Gasteiger charge is -2.23. The molecule has 2 atom stereocenters. The highest BCUT2D eigenvalue weighted by atomic mass is 35.5. The average molecular weight is 320 g/mol. The van der Waals surface area contributed by atoms with Crippen LogP contribution in [-0.2, 0) is 21.3 Å². The van der Waals surface area contributed by atoms with Crippen molar-refractivity contribution in [3.8, 4) is 0 Å². The Bertz CT molecular complexity index is 528. The Morgan fingerprint density at radius 1 is 1.45 bits per heavy atom. The van der Waals surface area contributed by atoms with Crippen LogP contribution < -0.4 is 5.32 Å². The Balaban J connectivity index is 2.73. The van der Waals surface area contributed by atoms with Crippen molar-refractivity contribution in [1.29, 1.82) is 0 Å². The van der Waals surface area contributed by atoms with E-state index in [-0.39, 0.29) is 22.2 Å². The fraction of sp³-hybridized carbons (Fsp3) is 0.500. The summed E-state index contributed by atoms with van der Waals surface area (Å²) in [4.78, 5) is 11.9. The van der Waals surface area contributed by atoms with Gasteiger partial charge in [0.05, 0.1) is 5.75 Å². The molecule has 112 valence electrons. The first-order valence-corrected chi connectivity index (χ1v) is 7.99. The summed E-state index contributed by atoms with van der Waals surface area (Å²) in [6.07, 6.45) is 0. The lowest BCUT2D eigenvalue weighted by molar-refractivity contribution is -0.121. The minimum Gasteiger partial charge on any atom is -0.350 e. The van der Waals surface area contributed by atoms with Crippen LogP contribution in [0, 0.1) is 5.82 Å². The summed E-state index contributed by atoms with van der Waals surface area (Å²) in [7, 11) is -1.42. The van der Waals surface area contributed by atoms with E-state index < -0.39 is 21.9 Å². The van der Waals surface area contributed by atoms with Crippen LogP contribution in [-0.4, -0.2) is 20.9 Å². The second kappa shape index (κ2) is 6.68. The Kier molecular flexibility index (Phi) is 5.71. The lowest BCUT2D eigenvalue weighted by atomic mass is 10.1. The summed E-state index contributed by atoms with van der Waals surface area (Å²) in [5.74, 6) is -0.588. The molecule has 0 saturated heterocycles. The maximum Gasteiger partial charge on any atom is 0.235 e. The summed E-state index contributed by atoms with van der Waals surface area (Å²) in [5, 5.41) is 2.35. The van der Waals surface area contributed by atoms with Crippen molar-refractivity contribution in [2.75, 3.05) is 0 Å². The van der Waals surface area contributed by atoms with Crippen LogP contribution in [0.1, 0.15) is 33.3 Å². The van der Waals surface area contributed by atoms with Crippen LogP contribution in [0.3, 0.4) is 0 Å². The molecule has 0 aliphatic heterocycles. The van der Waals surface area contributed by atoms with Crippen molar-refractivity contribution in [2.45, 2.75) is 44.2 Å². The molecule has 1 N–H and O–H groups in total. The van der Waals surface area contributed by atoms with Gasteiger partial charge >= 0.3 is 0 Å². The van der Waals surface area contributed by atoms with E-state index in [4.69, 9.17) is 11.6 Å². The third kappa shape index (κ3) is 5.21. The van der Waals surface area contributed by atoms with E-state index in [2.05, 4.69) is 5.32 Å². The second-order valence-electron chi connectivity index (χ2n) is 5.64. The van der Waals surface area contributed by atoms with Gasteiger partial charge in [-0.25, -0.2) is 4.39 Å². The van der Waals surface area contributed by atoms with Crippen molar-refractivity contribution >= 4 is 28.3 Å². The molecule has 0 radical (unpaired) electrons. The first-order valence-electron chi connectivity index (χ1n) is 6.23. The third-order valence-corrected chi connectivity index (χ3v) is 4.52. The third-order valence-electron chi connectivity index (χ3n) is 2.57. The predicted octanol–water partition coefficient (Wildman–Crippen LogP) is 3.03. The van der Waals surface area contributed by atoms with E-state index in [1.807, 2.05) is 20.8 Å². The van der Waals surface area contributed by atoms with E-state index in [9.17, 15) is 13.4 Å². The number of rotatable bonds is 4. The highest BCUT2D eigenvalue weighted by Crippen LogP contribution is 2.20. The van der Waals surface area contributed by atoms with Gasteiger partial charge in [-0.2, -0.15) is 0 Å². The molecule has 0 aromatic heterocycles. The Hall–Kier alpha value is -0.940. The van der Waals surface area contributed by atoms with E-state index >= 15 is 0 Å². The van der Waals surface area contributed by atoms with E-state index in [0.29, 0.717) is 5.56 Å². The van der Waals surface area contributed by atoms with Crippen LogP contribution in [0.2, 0.25) is 5.02 Å². The number of amides is 1. The summed E-state index contributed by atoms with van der Waals surface area (Å²) >= 11 is 5.89. The average Bonchev–Trinajstić information content (AvgIpc) is 2.29. The van der Waals surface area contributed by atoms with Crippen LogP contribution >= 0.6 is 11.6 Å². The first-order chi connectivity index (χ1) is 9.10. The molecule has 20 heavy (non-hydrogen) atoms. The van der Waals surface area contributed by atoms with Crippen LogP contribution in [0.4, 0.5) is 4.39 Å². The molecule has 0 fully saturated rings. The normalized spacial score (nSPS) is 14.7. The molecule has 1 rings (SSSR count). The molecule has 0 heterocycles. The van der Waals surface area contributed by atoms with Gasteiger partial charge in [-0.1, -0.05) is 17.7 Å². The van der Waals surface area contributed by atoms with Gasteiger partial charge < -0.3 is 5.32 Å². The van der Waals surface area contributed by atoms with Gasteiger partial charge in [0, 0.05) is 21.4 Å². The van der Waals surface area contributed by atoms with Gasteiger partial charge in [0.2, 0.25) is 5.91 Å². The maximum absolute atomic E-state index is 12.9. The molecule has 0 bridgehead atoms. The molecule has 3 nitrogen and oxygen atoms in total. The van der Waals surface area contributed by atoms with Crippen molar-refractivity contribution in [1.82, 2.24) is 5.32 Å². The molecule has 1 amide bonds. The van der Waals surface area contributed by atoms with Crippen LogP contribution in [0.25, 0.3) is 0 Å². The van der Waals surface area contributed by atoms with E-state index in [1.165, 1.54) is 18.2 Å². The Morgan fingerprint density at radius 3 is 2.55 bits per heavy atom. The van der Waals surface area contributed by atoms with Crippen molar-refractivity contribution in [2.24, 2.45) is 0 Å². The maximum atomic E-state index is 12.9. The monoisotopic (exact) mass is 319 g/mol. The van der Waals surface area contributed by atoms with Crippen molar-refractivity contribution < 1.29 is 13.4 Å². The fourth-order valence-electron chi connectivity index (χ4n) is 1.51. The van der Waals surface area contributed by atoms with Gasteiger partial charge in [-0.05, 0) is 45.4 Å². The number of carbonyl (C=O) groups excluding carboxylic acids is 1. The highest BCUT2D eigenvalue weighted by Gasteiger charge is 2.24. The molecule has 0 spiro atoms.